The van der Waals surface area contributed by atoms with Gasteiger partial charge >= 0.3 is 0 Å². The van der Waals surface area contributed by atoms with Crippen LogP contribution < -0.4 is 5.32 Å². The lowest BCUT2D eigenvalue weighted by atomic mass is 10.3. The number of nitrogens with zero attached hydrogens (tertiary/aromatic N) is 5. The summed E-state index contributed by atoms with van der Waals surface area (Å²) in [6.45, 7) is 1.25. The quantitative estimate of drug-likeness (QED) is 0.819. The second-order valence-corrected chi connectivity index (χ2v) is 5.24. The summed E-state index contributed by atoms with van der Waals surface area (Å²) in [7, 11) is 0. The van der Waals surface area contributed by atoms with Gasteiger partial charge in [-0.15, -0.1) is 16.4 Å². The van der Waals surface area contributed by atoms with E-state index in [-0.39, 0.29) is 18.4 Å². The van der Waals surface area contributed by atoms with Crippen LogP contribution in [-0.2, 0) is 4.79 Å². The lowest BCUT2D eigenvalue weighted by Gasteiger charge is -2.18. The lowest BCUT2D eigenvalue weighted by molar-refractivity contribution is -0.121. The number of carbonyl (C=O) groups is 2. The van der Waals surface area contributed by atoms with Gasteiger partial charge < -0.3 is 10.2 Å². The van der Waals surface area contributed by atoms with Crippen molar-refractivity contribution in [1.29, 1.82) is 0 Å². The van der Waals surface area contributed by atoms with Gasteiger partial charge in [0.15, 0.2) is 0 Å². The van der Waals surface area contributed by atoms with Crippen LogP contribution in [0.3, 0.4) is 0 Å². The molecule has 9 heteroatoms. The predicted octanol–water partition coefficient (Wildman–Crippen LogP) is -0.314. The van der Waals surface area contributed by atoms with Crippen LogP contribution in [0.15, 0.2) is 17.8 Å². The molecule has 20 heavy (non-hydrogen) atoms. The first-order valence-corrected chi connectivity index (χ1v) is 7.00. The van der Waals surface area contributed by atoms with Crippen molar-refractivity contribution in [1.82, 2.24) is 30.4 Å². The maximum absolute atomic E-state index is 12.5. The molecule has 0 saturated carbocycles. The average molecular weight is 292 g/mol. The lowest BCUT2D eigenvalue weighted by Crippen LogP contribution is -2.37. The van der Waals surface area contributed by atoms with E-state index in [0.29, 0.717) is 23.7 Å². The van der Waals surface area contributed by atoms with Gasteiger partial charge in [0.05, 0.1) is 12.2 Å². The van der Waals surface area contributed by atoms with E-state index in [1.165, 1.54) is 22.3 Å². The van der Waals surface area contributed by atoms with E-state index in [4.69, 9.17) is 0 Å². The fourth-order valence-electron chi connectivity index (χ4n) is 2.04. The number of tetrazole rings is 1. The SMILES string of the molecule is O=C1CN(C(=O)c2sccc2-n2cnnn2)CCCN1. The van der Waals surface area contributed by atoms with Crippen molar-refractivity contribution < 1.29 is 9.59 Å². The van der Waals surface area contributed by atoms with E-state index >= 15 is 0 Å². The molecular formula is C11H12N6O2S. The van der Waals surface area contributed by atoms with Gasteiger partial charge in [-0.05, 0) is 28.3 Å². The molecule has 0 aliphatic carbocycles. The number of rotatable bonds is 2. The smallest absolute Gasteiger partial charge is 0.266 e. The minimum Gasteiger partial charge on any atom is -0.354 e. The van der Waals surface area contributed by atoms with Crippen molar-refractivity contribution in [2.45, 2.75) is 6.42 Å². The summed E-state index contributed by atoms with van der Waals surface area (Å²) in [5, 5.41) is 15.5. The molecule has 1 N–H and O–H groups in total. The maximum Gasteiger partial charge on any atom is 0.266 e. The highest BCUT2D eigenvalue weighted by atomic mass is 32.1. The molecule has 0 bridgehead atoms. The summed E-state index contributed by atoms with van der Waals surface area (Å²) in [6.07, 6.45) is 2.19. The fourth-order valence-corrected chi connectivity index (χ4v) is 2.88. The summed E-state index contributed by atoms with van der Waals surface area (Å²) in [5.74, 6) is -0.293. The summed E-state index contributed by atoms with van der Waals surface area (Å²) in [6, 6.07) is 1.78. The largest absolute Gasteiger partial charge is 0.354 e. The summed E-state index contributed by atoms with van der Waals surface area (Å²) < 4.78 is 1.45. The maximum atomic E-state index is 12.5. The zero-order valence-electron chi connectivity index (χ0n) is 10.5. The van der Waals surface area contributed by atoms with Gasteiger partial charge in [-0.3, -0.25) is 9.59 Å². The van der Waals surface area contributed by atoms with Gasteiger partial charge in [0, 0.05) is 13.1 Å². The molecule has 1 saturated heterocycles. The Hall–Kier alpha value is -2.29. The Bertz CT molecular complexity index is 623. The van der Waals surface area contributed by atoms with Crippen LogP contribution in [0, 0.1) is 0 Å². The Balaban J connectivity index is 1.87. The number of carbonyl (C=O) groups excluding carboxylic acids is 2. The van der Waals surface area contributed by atoms with Gasteiger partial charge in [0.25, 0.3) is 5.91 Å². The minimum atomic E-state index is -0.164. The van der Waals surface area contributed by atoms with Crippen LogP contribution in [0.5, 0.6) is 0 Å². The first-order chi connectivity index (χ1) is 9.75. The van der Waals surface area contributed by atoms with Gasteiger partial charge in [-0.25, -0.2) is 0 Å². The van der Waals surface area contributed by atoms with Crippen molar-refractivity contribution in [3.63, 3.8) is 0 Å². The highest BCUT2D eigenvalue weighted by Crippen LogP contribution is 2.22. The molecule has 3 rings (SSSR count). The van der Waals surface area contributed by atoms with Crippen molar-refractivity contribution in [3.05, 3.63) is 22.7 Å². The molecule has 2 aromatic rings. The van der Waals surface area contributed by atoms with Crippen LogP contribution in [0.4, 0.5) is 0 Å². The molecule has 2 amide bonds. The fraction of sp³-hybridized carbons (Fsp3) is 0.364. The normalized spacial score (nSPS) is 15.8. The molecule has 0 radical (unpaired) electrons. The third kappa shape index (κ3) is 2.39. The molecular weight excluding hydrogens is 280 g/mol. The van der Waals surface area contributed by atoms with E-state index in [2.05, 4.69) is 20.8 Å². The molecule has 104 valence electrons. The first kappa shape index (κ1) is 12.7. The number of hydrogen-bond donors (Lipinski definition) is 1. The predicted molar refractivity (Wildman–Crippen MR) is 70.6 cm³/mol. The molecule has 0 unspecified atom stereocenters. The molecule has 0 aromatic carbocycles. The molecule has 2 aromatic heterocycles. The van der Waals surface area contributed by atoms with Gasteiger partial charge in [-0.1, -0.05) is 0 Å². The summed E-state index contributed by atoms with van der Waals surface area (Å²) in [4.78, 5) is 26.2. The first-order valence-electron chi connectivity index (χ1n) is 6.12. The monoisotopic (exact) mass is 292 g/mol. The minimum absolute atomic E-state index is 0.0891. The number of hydrogen-bond acceptors (Lipinski definition) is 6. The second-order valence-electron chi connectivity index (χ2n) is 4.32. The zero-order valence-corrected chi connectivity index (χ0v) is 11.3. The Morgan fingerprint density at radius 3 is 3.15 bits per heavy atom. The van der Waals surface area contributed by atoms with E-state index in [9.17, 15) is 9.59 Å². The summed E-state index contributed by atoms with van der Waals surface area (Å²) in [5.41, 5.74) is 0.634. The molecule has 0 spiro atoms. The second kappa shape index (κ2) is 5.37. The van der Waals surface area contributed by atoms with Crippen LogP contribution in [0.1, 0.15) is 16.1 Å². The average Bonchev–Trinajstić information content (AvgIpc) is 3.07. The van der Waals surface area contributed by atoms with E-state index in [1.807, 2.05) is 5.38 Å². The Kier molecular flexibility index (Phi) is 3.42. The van der Waals surface area contributed by atoms with Gasteiger partial charge in [0.1, 0.15) is 11.2 Å². The molecule has 1 fully saturated rings. The molecule has 1 aliphatic heterocycles. The standard InChI is InChI=1S/C11H12N6O2S/c18-9-6-16(4-1-3-12-9)11(19)10-8(2-5-20-10)17-7-13-14-15-17/h2,5,7H,1,3-4,6H2,(H,12,18). The van der Waals surface area contributed by atoms with Crippen molar-refractivity contribution >= 4 is 23.2 Å². The zero-order chi connectivity index (χ0) is 13.9. The molecule has 1 aliphatic rings. The third-order valence-electron chi connectivity index (χ3n) is 2.98. The summed E-state index contributed by atoms with van der Waals surface area (Å²) >= 11 is 1.32. The Morgan fingerprint density at radius 1 is 1.45 bits per heavy atom. The molecule has 8 nitrogen and oxygen atoms in total. The van der Waals surface area contributed by atoms with Crippen molar-refractivity contribution in [2.75, 3.05) is 19.6 Å². The Labute approximate surface area is 118 Å². The van der Waals surface area contributed by atoms with E-state index in [0.717, 1.165) is 6.42 Å². The van der Waals surface area contributed by atoms with Crippen molar-refractivity contribution in [3.8, 4) is 5.69 Å². The number of amides is 2. The van der Waals surface area contributed by atoms with Gasteiger partial charge in [0.2, 0.25) is 5.91 Å². The van der Waals surface area contributed by atoms with Crippen LogP contribution in [0.25, 0.3) is 5.69 Å². The van der Waals surface area contributed by atoms with E-state index in [1.54, 1.807) is 11.0 Å². The third-order valence-corrected chi connectivity index (χ3v) is 3.87. The van der Waals surface area contributed by atoms with Crippen LogP contribution >= 0.6 is 11.3 Å². The van der Waals surface area contributed by atoms with E-state index < -0.39 is 0 Å². The Morgan fingerprint density at radius 2 is 2.35 bits per heavy atom. The molecule has 3 heterocycles. The van der Waals surface area contributed by atoms with Crippen LogP contribution in [0.2, 0.25) is 0 Å². The highest BCUT2D eigenvalue weighted by Gasteiger charge is 2.24. The molecule has 0 atom stereocenters. The number of aromatic nitrogens is 4. The van der Waals surface area contributed by atoms with Crippen molar-refractivity contribution in [2.24, 2.45) is 0 Å². The van der Waals surface area contributed by atoms with Crippen LogP contribution in [-0.4, -0.2) is 56.6 Å². The highest BCUT2D eigenvalue weighted by molar-refractivity contribution is 7.12. The van der Waals surface area contributed by atoms with Gasteiger partial charge in [-0.2, -0.15) is 4.68 Å². The number of thiophene rings is 1. The topological polar surface area (TPSA) is 93.0 Å². The number of nitrogens with one attached hydrogen (secondary N) is 1.